The van der Waals surface area contributed by atoms with E-state index in [4.69, 9.17) is 19.4 Å². The Kier molecular flexibility index (Phi) is 8.12. The van der Waals surface area contributed by atoms with E-state index in [1.54, 1.807) is 0 Å². The molecule has 2 heterocycles. The van der Waals surface area contributed by atoms with Gasteiger partial charge in [0.2, 0.25) is 0 Å². The van der Waals surface area contributed by atoms with Gasteiger partial charge in [-0.2, -0.15) is 0 Å². The molecule has 258 valence electrons. The molecule has 4 heteroatoms. The van der Waals surface area contributed by atoms with E-state index in [1.165, 1.54) is 11.1 Å². The summed E-state index contributed by atoms with van der Waals surface area (Å²) in [5.74, 6) is 1.78. The maximum atomic E-state index is 6.29. The maximum absolute atomic E-state index is 6.29. The van der Waals surface area contributed by atoms with Gasteiger partial charge in [0.1, 0.15) is 11.2 Å². The van der Waals surface area contributed by atoms with E-state index in [-0.39, 0.29) is 0 Å². The van der Waals surface area contributed by atoms with Crippen molar-refractivity contribution in [3.05, 3.63) is 200 Å². The number of benzene rings is 8. The third-order valence-corrected chi connectivity index (χ3v) is 10.2. The molecule has 0 radical (unpaired) electrons. The fraction of sp³-hybridized carbons (Fsp3) is 0. The summed E-state index contributed by atoms with van der Waals surface area (Å²) < 4.78 is 6.29. The van der Waals surface area contributed by atoms with Crippen LogP contribution in [-0.4, -0.2) is 15.0 Å². The number of hydrogen-bond donors (Lipinski definition) is 0. The molecule has 0 unspecified atom stereocenters. The number of nitrogens with zero attached hydrogens (tertiary/aromatic N) is 3. The average molecular weight is 704 g/mol. The maximum Gasteiger partial charge on any atom is 0.164 e. The highest BCUT2D eigenvalue weighted by Gasteiger charge is 2.19. The zero-order valence-electron chi connectivity index (χ0n) is 29.8. The van der Waals surface area contributed by atoms with Crippen LogP contribution in [0.25, 0.3) is 101 Å². The lowest BCUT2D eigenvalue weighted by Crippen LogP contribution is -2.01. The zero-order chi connectivity index (χ0) is 36.6. The number of fused-ring (bicyclic) bond motifs is 3. The molecule has 10 rings (SSSR count). The second-order valence-corrected chi connectivity index (χ2v) is 13.6. The fourth-order valence-corrected chi connectivity index (χ4v) is 7.36. The van der Waals surface area contributed by atoms with E-state index < -0.39 is 0 Å². The number of rotatable bonds is 7. The lowest BCUT2D eigenvalue weighted by Gasteiger charge is -2.13. The Morgan fingerprint density at radius 1 is 0.273 bits per heavy atom. The van der Waals surface area contributed by atoms with Crippen molar-refractivity contribution in [1.82, 2.24) is 15.0 Å². The molecular formula is C51H33N3O. The van der Waals surface area contributed by atoms with Gasteiger partial charge in [-0.15, -0.1) is 0 Å². The summed E-state index contributed by atoms with van der Waals surface area (Å²) >= 11 is 0. The third-order valence-electron chi connectivity index (χ3n) is 10.2. The summed E-state index contributed by atoms with van der Waals surface area (Å²) in [5.41, 5.74) is 13.4. The number of hydrogen-bond acceptors (Lipinski definition) is 4. The molecule has 2 aromatic heterocycles. The summed E-state index contributed by atoms with van der Waals surface area (Å²) in [5, 5.41) is 2.01. The standard InChI is InChI=1S/C51H33N3O/c1-4-13-34(14-5-1)37-23-25-39(26-24-37)42-31-41(36-17-8-3-9-18-36)32-43(33-42)50-52-49(40-29-27-38(28-30-40)35-15-6-2-7-16-35)53-51(54-50)45-20-12-22-47-48(45)44-19-10-11-21-46(44)55-47/h1-33H. The molecule has 4 nitrogen and oxygen atoms in total. The molecule has 0 fully saturated rings. The van der Waals surface area contributed by atoms with Gasteiger partial charge in [-0.1, -0.05) is 170 Å². The molecule has 55 heavy (non-hydrogen) atoms. The summed E-state index contributed by atoms with van der Waals surface area (Å²) in [6, 6.07) is 69.4. The van der Waals surface area contributed by atoms with Gasteiger partial charge in [0.05, 0.1) is 0 Å². The molecule has 0 bridgehead atoms. The number of furan rings is 1. The van der Waals surface area contributed by atoms with Crippen molar-refractivity contribution >= 4 is 21.9 Å². The summed E-state index contributed by atoms with van der Waals surface area (Å²) in [6.07, 6.45) is 0. The van der Waals surface area contributed by atoms with Crippen molar-refractivity contribution in [3.63, 3.8) is 0 Å². The second-order valence-electron chi connectivity index (χ2n) is 13.6. The zero-order valence-corrected chi connectivity index (χ0v) is 29.8. The Hall–Kier alpha value is -7.43. The van der Waals surface area contributed by atoms with Crippen molar-refractivity contribution in [1.29, 1.82) is 0 Å². The number of para-hydroxylation sites is 1. The minimum Gasteiger partial charge on any atom is -0.456 e. The smallest absolute Gasteiger partial charge is 0.164 e. The average Bonchev–Trinajstić information content (AvgIpc) is 3.66. The first-order valence-corrected chi connectivity index (χ1v) is 18.4. The van der Waals surface area contributed by atoms with Crippen molar-refractivity contribution in [2.45, 2.75) is 0 Å². The van der Waals surface area contributed by atoms with Gasteiger partial charge in [-0.05, 0) is 74.8 Å². The SMILES string of the molecule is c1ccc(-c2ccc(-c3cc(-c4ccccc4)cc(-c4nc(-c5ccc(-c6ccccc6)cc5)nc(-c5cccc6oc7ccccc7c56)n4)c3)cc2)cc1. The van der Waals surface area contributed by atoms with Gasteiger partial charge in [-0.3, -0.25) is 0 Å². The molecule has 0 saturated heterocycles. The fourth-order valence-electron chi connectivity index (χ4n) is 7.36. The largest absolute Gasteiger partial charge is 0.456 e. The molecule has 0 aliphatic rings. The lowest BCUT2D eigenvalue weighted by atomic mass is 9.94. The van der Waals surface area contributed by atoms with Crippen LogP contribution < -0.4 is 0 Å². The Morgan fingerprint density at radius 2 is 0.673 bits per heavy atom. The minimum absolute atomic E-state index is 0.586. The van der Waals surface area contributed by atoms with Gasteiger partial charge >= 0.3 is 0 Å². The van der Waals surface area contributed by atoms with Crippen molar-refractivity contribution in [2.24, 2.45) is 0 Å². The molecule has 0 atom stereocenters. The molecule has 8 aromatic carbocycles. The Morgan fingerprint density at radius 3 is 1.25 bits per heavy atom. The third kappa shape index (κ3) is 6.26. The van der Waals surface area contributed by atoms with Gasteiger partial charge < -0.3 is 4.42 Å². The van der Waals surface area contributed by atoms with Gasteiger partial charge in [0.15, 0.2) is 17.5 Å². The molecule has 10 aromatic rings. The molecule has 0 spiro atoms. The first-order chi connectivity index (χ1) is 27.2. The predicted octanol–water partition coefficient (Wildman–Crippen LogP) is 13.4. The molecule has 0 aliphatic carbocycles. The first-order valence-electron chi connectivity index (χ1n) is 18.4. The molecule has 0 saturated carbocycles. The predicted molar refractivity (Wildman–Crippen MR) is 225 cm³/mol. The monoisotopic (exact) mass is 703 g/mol. The Bertz CT molecular complexity index is 2940. The molecule has 0 aliphatic heterocycles. The van der Waals surface area contributed by atoms with Crippen LogP contribution in [0.1, 0.15) is 0 Å². The summed E-state index contributed by atoms with van der Waals surface area (Å²) in [4.78, 5) is 15.6. The van der Waals surface area contributed by atoms with Crippen LogP contribution in [0.5, 0.6) is 0 Å². The highest BCUT2D eigenvalue weighted by Crippen LogP contribution is 2.38. The normalized spacial score (nSPS) is 11.3. The van der Waals surface area contributed by atoms with Gasteiger partial charge in [0, 0.05) is 27.5 Å². The second kappa shape index (κ2) is 13.8. The minimum atomic E-state index is 0.586. The van der Waals surface area contributed by atoms with Crippen LogP contribution >= 0.6 is 0 Å². The van der Waals surface area contributed by atoms with Crippen LogP contribution in [0.15, 0.2) is 205 Å². The van der Waals surface area contributed by atoms with Crippen LogP contribution in [-0.2, 0) is 0 Å². The van der Waals surface area contributed by atoms with E-state index in [1.807, 2.05) is 48.5 Å². The summed E-state index contributed by atoms with van der Waals surface area (Å²) in [7, 11) is 0. The first kappa shape index (κ1) is 32.2. The van der Waals surface area contributed by atoms with Crippen molar-refractivity contribution in [3.8, 4) is 78.7 Å². The summed E-state index contributed by atoms with van der Waals surface area (Å²) in [6.45, 7) is 0. The van der Waals surface area contributed by atoms with Crippen molar-refractivity contribution in [2.75, 3.05) is 0 Å². The Balaban J connectivity index is 1.17. The van der Waals surface area contributed by atoms with Crippen LogP contribution in [0.4, 0.5) is 0 Å². The highest BCUT2D eigenvalue weighted by atomic mass is 16.3. The topological polar surface area (TPSA) is 51.8 Å². The van der Waals surface area contributed by atoms with Crippen LogP contribution in [0, 0.1) is 0 Å². The van der Waals surface area contributed by atoms with Crippen LogP contribution in [0.2, 0.25) is 0 Å². The van der Waals surface area contributed by atoms with Crippen LogP contribution in [0.3, 0.4) is 0 Å². The highest BCUT2D eigenvalue weighted by molar-refractivity contribution is 6.11. The molecular weight excluding hydrogens is 671 g/mol. The van der Waals surface area contributed by atoms with Gasteiger partial charge in [0.25, 0.3) is 0 Å². The van der Waals surface area contributed by atoms with E-state index in [9.17, 15) is 0 Å². The lowest BCUT2D eigenvalue weighted by molar-refractivity contribution is 0.669. The van der Waals surface area contributed by atoms with E-state index in [0.29, 0.717) is 17.5 Å². The van der Waals surface area contributed by atoms with E-state index in [0.717, 1.165) is 72.0 Å². The number of aromatic nitrogens is 3. The van der Waals surface area contributed by atoms with E-state index in [2.05, 4.69) is 152 Å². The van der Waals surface area contributed by atoms with Crippen molar-refractivity contribution < 1.29 is 4.42 Å². The quantitative estimate of drug-likeness (QED) is 0.166. The van der Waals surface area contributed by atoms with Gasteiger partial charge in [-0.25, -0.2) is 15.0 Å². The molecule has 0 amide bonds. The molecule has 0 N–H and O–H groups in total. The van der Waals surface area contributed by atoms with E-state index >= 15 is 0 Å². The Labute approximate surface area is 319 Å².